The molecule has 3 aromatic rings. The number of nitrogens with one attached hydrogen (secondary N) is 1. The maximum Gasteiger partial charge on any atom is 0.326 e. The summed E-state index contributed by atoms with van der Waals surface area (Å²) in [5, 5.41) is 13.0. The fourth-order valence-electron chi connectivity index (χ4n) is 2.30. The van der Waals surface area contributed by atoms with Crippen LogP contribution in [0.15, 0.2) is 28.7 Å². The van der Waals surface area contributed by atoms with Crippen LogP contribution < -0.4 is 5.32 Å². The van der Waals surface area contributed by atoms with Crippen molar-refractivity contribution in [1.29, 1.82) is 0 Å². The molecule has 21 heavy (non-hydrogen) atoms. The minimum absolute atomic E-state index is 0.419. The van der Waals surface area contributed by atoms with Gasteiger partial charge in [0.2, 0.25) is 0 Å². The Hall–Kier alpha value is -2.63. The second-order valence-corrected chi connectivity index (χ2v) is 4.84. The lowest BCUT2D eigenvalue weighted by atomic mass is 10.2. The number of carboxylic acid groups (broad SMARTS) is 1. The van der Waals surface area contributed by atoms with Crippen LogP contribution in [0.3, 0.4) is 0 Å². The SMILES string of the molecule is CC[C@@H](Nc1nc(C)nc2c1oc1ccccc12)C(=O)O. The predicted octanol–water partition coefficient (Wildman–Crippen LogP) is 2.96. The monoisotopic (exact) mass is 285 g/mol. The first-order chi connectivity index (χ1) is 10.1. The molecule has 0 spiro atoms. The Kier molecular flexibility index (Phi) is 3.21. The van der Waals surface area contributed by atoms with Crippen molar-refractivity contribution in [2.24, 2.45) is 0 Å². The van der Waals surface area contributed by atoms with E-state index in [1.54, 1.807) is 13.8 Å². The van der Waals surface area contributed by atoms with Gasteiger partial charge in [-0.15, -0.1) is 0 Å². The summed E-state index contributed by atoms with van der Waals surface area (Å²) in [6, 6.07) is 6.85. The molecular weight excluding hydrogens is 270 g/mol. The van der Waals surface area contributed by atoms with E-state index >= 15 is 0 Å². The molecule has 2 N–H and O–H groups in total. The van der Waals surface area contributed by atoms with Gasteiger partial charge in [-0.25, -0.2) is 14.8 Å². The first-order valence-electron chi connectivity index (χ1n) is 6.75. The summed E-state index contributed by atoms with van der Waals surface area (Å²) in [6.07, 6.45) is 0.445. The highest BCUT2D eigenvalue weighted by molar-refractivity contribution is 6.05. The first kappa shape index (κ1) is 13.4. The molecule has 0 unspecified atom stereocenters. The molecule has 0 aliphatic heterocycles. The first-order valence-corrected chi connectivity index (χ1v) is 6.75. The van der Waals surface area contributed by atoms with Crippen molar-refractivity contribution < 1.29 is 14.3 Å². The molecule has 0 radical (unpaired) electrons. The van der Waals surface area contributed by atoms with Crippen LogP contribution in [0, 0.1) is 6.92 Å². The number of anilines is 1. The lowest BCUT2D eigenvalue weighted by molar-refractivity contribution is -0.137. The molecular formula is C15H15N3O3. The zero-order chi connectivity index (χ0) is 15.0. The minimum Gasteiger partial charge on any atom is -0.480 e. The van der Waals surface area contributed by atoms with Gasteiger partial charge >= 0.3 is 5.97 Å². The van der Waals surface area contributed by atoms with Crippen molar-refractivity contribution >= 4 is 33.9 Å². The van der Waals surface area contributed by atoms with Gasteiger partial charge in [0.1, 0.15) is 23.0 Å². The Labute approximate surface area is 120 Å². The van der Waals surface area contributed by atoms with E-state index in [0.717, 1.165) is 5.39 Å². The second kappa shape index (κ2) is 5.05. The van der Waals surface area contributed by atoms with Gasteiger partial charge in [0, 0.05) is 5.39 Å². The fourth-order valence-corrected chi connectivity index (χ4v) is 2.30. The van der Waals surface area contributed by atoms with E-state index in [1.165, 1.54) is 0 Å². The number of carboxylic acids is 1. The van der Waals surface area contributed by atoms with Crippen LogP contribution in [-0.2, 0) is 4.79 Å². The van der Waals surface area contributed by atoms with E-state index in [-0.39, 0.29) is 0 Å². The summed E-state index contributed by atoms with van der Waals surface area (Å²) < 4.78 is 5.78. The van der Waals surface area contributed by atoms with Gasteiger partial charge in [-0.1, -0.05) is 19.1 Å². The van der Waals surface area contributed by atoms with Crippen molar-refractivity contribution in [2.45, 2.75) is 26.3 Å². The van der Waals surface area contributed by atoms with Gasteiger partial charge in [0.15, 0.2) is 11.4 Å². The number of hydrogen-bond acceptors (Lipinski definition) is 5. The highest BCUT2D eigenvalue weighted by Gasteiger charge is 2.20. The van der Waals surface area contributed by atoms with Crippen molar-refractivity contribution in [3.63, 3.8) is 0 Å². The minimum atomic E-state index is -0.918. The van der Waals surface area contributed by atoms with Gasteiger partial charge in [0.25, 0.3) is 0 Å². The quantitative estimate of drug-likeness (QED) is 0.766. The van der Waals surface area contributed by atoms with Gasteiger partial charge in [-0.3, -0.25) is 0 Å². The summed E-state index contributed by atoms with van der Waals surface area (Å²) in [7, 11) is 0. The Morgan fingerprint density at radius 3 is 2.86 bits per heavy atom. The number of fused-ring (bicyclic) bond motifs is 3. The van der Waals surface area contributed by atoms with Crippen molar-refractivity contribution in [3.05, 3.63) is 30.1 Å². The van der Waals surface area contributed by atoms with Gasteiger partial charge < -0.3 is 14.8 Å². The van der Waals surface area contributed by atoms with E-state index in [0.29, 0.717) is 34.7 Å². The number of aryl methyl sites for hydroxylation is 1. The topological polar surface area (TPSA) is 88.3 Å². The van der Waals surface area contributed by atoms with Gasteiger partial charge in [-0.05, 0) is 25.5 Å². The van der Waals surface area contributed by atoms with Crippen LogP contribution in [0.1, 0.15) is 19.2 Å². The van der Waals surface area contributed by atoms with Crippen LogP contribution in [0.25, 0.3) is 22.1 Å². The third-order valence-electron chi connectivity index (χ3n) is 3.35. The third-order valence-corrected chi connectivity index (χ3v) is 3.35. The molecule has 0 amide bonds. The number of para-hydroxylation sites is 1. The molecule has 2 heterocycles. The van der Waals surface area contributed by atoms with Crippen molar-refractivity contribution in [3.8, 4) is 0 Å². The number of carbonyl (C=O) groups is 1. The number of rotatable bonds is 4. The summed E-state index contributed by atoms with van der Waals surface area (Å²) in [6.45, 7) is 3.57. The van der Waals surface area contributed by atoms with Crippen LogP contribution >= 0.6 is 0 Å². The molecule has 1 aromatic carbocycles. The number of aliphatic carboxylic acids is 1. The van der Waals surface area contributed by atoms with Crippen molar-refractivity contribution in [1.82, 2.24) is 9.97 Å². The smallest absolute Gasteiger partial charge is 0.326 e. The normalized spacial score (nSPS) is 12.7. The largest absolute Gasteiger partial charge is 0.480 e. The molecule has 2 aromatic heterocycles. The van der Waals surface area contributed by atoms with Gasteiger partial charge in [0.05, 0.1) is 0 Å². The Morgan fingerprint density at radius 1 is 1.38 bits per heavy atom. The van der Waals surface area contributed by atoms with Crippen LogP contribution in [-0.4, -0.2) is 27.1 Å². The zero-order valence-corrected chi connectivity index (χ0v) is 11.8. The molecule has 0 fully saturated rings. The fraction of sp³-hybridized carbons (Fsp3) is 0.267. The summed E-state index contributed by atoms with van der Waals surface area (Å²) >= 11 is 0. The molecule has 1 atom stereocenters. The van der Waals surface area contributed by atoms with E-state index in [9.17, 15) is 9.90 Å². The Balaban J connectivity index is 2.20. The van der Waals surface area contributed by atoms with E-state index < -0.39 is 12.0 Å². The lowest BCUT2D eigenvalue weighted by Crippen LogP contribution is -2.28. The molecule has 0 saturated heterocycles. The van der Waals surface area contributed by atoms with Crippen LogP contribution in [0.5, 0.6) is 0 Å². The molecule has 0 aliphatic carbocycles. The van der Waals surface area contributed by atoms with E-state index in [4.69, 9.17) is 4.42 Å². The standard InChI is InChI=1S/C15H15N3O3/c1-3-10(15(19)20)18-14-13-12(16-8(2)17-14)9-6-4-5-7-11(9)21-13/h4-7,10H,3H2,1-2H3,(H,19,20)(H,16,17,18)/t10-/m1/s1. The number of furan rings is 1. The van der Waals surface area contributed by atoms with Gasteiger partial charge in [-0.2, -0.15) is 0 Å². The third kappa shape index (κ3) is 2.29. The molecule has 0 aliphatic rings. The maximum absolute atomic E-state index is 11.2. The number of aromatic nitrogens is 2. The average Bonchev–Trinajstić information content (AvgIpc) is 2.83. The summed E-state index contributed by atoms with van der Waals surface area (Å²) in [5.41, 5.74) is 1.89. The van der Waals surface area contributed by atoms with Crippen LogP contribution in [0.4, 0.5) is 5.82 Å². The highest BCUT2D eigenvalue weighted by Crippen LogP contribution is 2.31. The number of hydrogen-bond donors (Lipinski definition) is 2. The van der Waals surface area contributed by atoms with E-state index in [1.807, 2.05) is 24.3 Å². The second-order valence-electron chi connectivity index (χ2n) is 4.84. The number of nitrogens with zero attached hydrogens (tertiary/aromatic N) is 2. The zero-order valence-electron chi connectivity index (χ0n) is 11.8. The van der Waals surface area contributed by atoms with Crippen LogP contribution in [0.2, 0.25) is 0 Å². The molecule has 6 heteroatoms. The lowest BCUT2D eigenvalue weighted by Gasteiger charge is -2.13. The summed E-state index contributed by atoms with van der Waals surface area (Å²) in [4.78, 5) is 19.9. The Bertz CT molecular complexity index is 826. The Morgan fingerprint density at radius 2 is 2.14 bits per heavy atom. The molecule has 6 nitrogen and oxygen atoms in total. The maximum atomic E-state index is 11.2. The number of benzene rings is 1. The predicted molar refractivity (Wildman–Crippen MR) is 79.4 cm³/mol. The molecule has 108 valence electrons. The van der Waals surface area contributed by atoms with Crippen molar-refractivity contribution in [2.75, 3.05) is 5.32 Å². The molecule has 0 bridgehead atoms. The molecule has 3 rings (SSSR count). The van der Waals surface area contributed by atoms with E-state index in [2.05, 4.69) is 15.3 Å². The summed E-state index contributed by atoms with van der Waals surface area (Å²) in [5.74, 6) is 0.0674. The average molecular weight is 285 g/mol. The highest BCUT2D eigenvalue weighted by atomic mass is 16.4. The molecule has 0 saturated carbocycles.